The molecule has 1 N–H and O–H groups in total. The summed E-state index contributed by atoms with van der Waals surface area (Å²) in [7, 11) is 0. The topological polar surface area (TPSA) is 58.1 Å². The Bertz CT molecular complexity index is 550. The Morgan fingerprint density at radius 1 is 1.35 bits per heavy atom. The molecule has 0 aliphatic carbocycles. The Labute approximate surface area is 121 Å². The smallest absolute Gasteiger partial charge is 0.252 e. The Hall–Kier alpha value is -1.95. The van der Waals surface area contributed by atoms with Crippen molar-refractivity contribution >= 4 is 23.1 Å². The van der Waals surface area contributed by atoms with Gasteiger partial charge in [0, 0.05) is 42.5 Å². The van der Waals surface area contributed by atoms with Gasteiger partial charge >= 0.3 is 0 Å². The van der Waals surface area contributed by atoms with E-state index in [1.165, 1.54) is 0 Å². The number of aromatic nitrogens is 2. The number of carbonyl (C=O) groups is 1. The number of amides is 1. The molecule has 0 spiro atoms. The molecule has 104 valence electrons. The van der Waals surface area contributed by atoms with Crippen LogP contribution in [0.2, 0.25) is 0 Å². The van der Waals surface area contributed by atoms with Gasteiger partial charge in [-0.1, -0.05) is 0 Å². The number of anilines is 1. The maximum Gasteiger partial charge on any atom is 0.252 e. The molecule has 1 fully saturated rings. The lowest BCUT2D eigenvalue weighted by atomic mass is 10.0. The van der Waals surface area contributed by atoms with Crippen LogP contribution in [0, 0.1) is 0 Å². The first kappa shape index (κ1) is 13.1. The molecule has 6 heteroatoms. The van der Waals surface area contributed by atoms with E-state index >= 15 is 0 Å². The minimum absolute atomic E-state index is 0.0317. The van der Waals surface area contributed by atoms with Crippen LogP contribution < -0.4 is 10.2 Å². The van der Waals surface area contributed by atoms with Crippen LogP contribution in [0.3, 0.4) is 0 Å². The summed E-state index contributed by atoms with van der Waals surface area (Å²) >= 11 is 1.54. The van der Waals surface area contributed by atoms with Crippen molar-refractivity contribution in [3.8, 4) is 0 Å². The molecule has 3 rings (SSSR count). The standard InChI is InChI=1S/C14H16N4OS/c19-14(11-3-8-20-10-11)17-12-1-6-18(7-2-12)13-9-15-4-5-16-13/h3-5,8-10,12H,1-2,6-7H2,(H,17,19). The third kappa shape index (κ3) is 2.96. The highest BCUT2D eigenvalue weighted by Gasteiger charge is 2.22. The lowest BCUT2D eigenvalue weighted by Crippen LogP contribution is -2.44. The summed E-state index contributed by atoms with van der Waals surface area (Å²) in [5.41, 5.74) is 0.756. The molecule has 1 saturated heterocycles. The molecule has 1 aliphatic rings. The number of rotatable bonds is 3. The predicted octanol–water partition coefficient (Wildman–Crippen LogP) is 1.94. The summed E-state index contributed by atoms with van der Waals surface area (Å²) in [5.74, 6) is 0.944. The van der Waals surface area contributed by atoms with E-state index in [4.69, 9.17) is 0 Å². The zero-order valence-electron chi connectivity index (χ0n) is 11.0. The van der Waals surface area contributed by atoms with Crippen LogP contribution in [0.5, 0.6) is 0 Å². The molecule has 0 aromatic carbocycles. The van der Waals surface area contributed by atoms with Crippen LogP contribution in [0.15, 0.2) is 35.4 Å². The first-order valence-electron chi connectivity index (χ1n) is 6.67. The molecule has 1 amide bonds. The Kier molecular flexibility index (Phi) is 3.92. The van der Waals surface area contributed by atoms with E-state index in [2.05, 4.69) is 20.2 Å². The molecule has 0 bridgehead atoms. The second-order valence-electron chi connectivity index (χ2n) is 4.81. The minimum Gasteiger partial charge on any atom is -0.355 e. The predicted molar refractivity (Wildman–Crippen MR) is 79.1 cm³/mol. The second kappa shape index (κ2) is 6.00. The van der Waals surface area contributed by atoms with Gasteiger partial charge in [-0.05, 0) is 24.3 Å². The fourth-order valence-electron chi connectivity index (χ4n) is 2.37. The highest BCUT2D eigenvalue weighted by molar-refractivity contribution is 7.08. The SMILES string of the molecule is O=C(NC1CCN(c2cnccn2)CC1)c1ccsc1. The van der Waals surface area contributed by atoms with Gasteiger partial charge in [-0.3, -0.25) is 9.78 Å². The largest absolute Gasteiger partial charge is 0.355 e. The van der Waals surface area contributed by atoms with Gasteiger partial charge in [0.2, 0.25) is 0 Å². The molecule has 20 heavy (non-hydrogen) atoms. The number of hydrogen-bond acceptors (Lipinski definition) is 5. The van der Waals surface area contributed by atoms with Crippen molar-refractivity contribution in [1.82, 2.24) is 15.3 Å². The third-order valence-corrected chi connectivity index (χ3v) is 4.17. The number of hydrogen-bond donors (Lipinski definition) is 1. The van der Waals surface area contributed by atoms with Gasteiger partial charge < -0.3 is 10.2 Å². The zero-order valence-corrected chi connectivity index (χ0v) is 11.8. The highest BCUT2D eigenvalue weighted by Crippen LogP contribution is 2.17. The first-order valence-corrected chi connectivity index (χ1v) is 7.61. The van der Waals surface area contributed by atoms with Crippen LogP contribution >= 0.6 is 11.3 Å². The van der Waals surface area contributed by atoms with Crippen LogP contribution in [-0.2, 0) is 0 Å². The van der Waals surface area contributed by atoms with E-state index in [-0.39, 0.29) is 11.9 Å². The molecule has 0 unspecified atom stereocenters. The van der Waals surface area contributed by atoms with Gasteiger partial charge in [0.15, 0.2) is 0 Å². The summed E-state index contributed by atoms with van der Waals surface area (Å²) in [5, 5.41) is 6.90. The van der Waals surface area contributed by atoms with E-state index in [9.17, 15) is 4.79 Å². The number of nitrogens with one attached hydrogen (secondary N) is 1. The van der Waals surface area contributed by atoms with Gasteiger partial charge in [-0.15, -0.1) is 0 Å². The van der Waals surface area contributed by atoms with E-state index in [1.807, 2.05) is 16.8 Å². The molecule has 3 heterocycles. The number of piperidine rings is 1. The minimum atomic E-state index is 0.0317. The average molecular weight is 288 g/mol. The van der Waals surface area contributed by atoms with Gasteiger partial charge in [0.25, 0.3) is 5.91 Å². The van der Waals surface area contributed by atoms with E-state index < -0.39 is 0 Å². The Balaban J connectivity index is 1.53. The van der Waals surface area contributed by atoms with Crippen molar-refractivity contribution in [1.29, 1.82) is 0 Å². The zero-order chi connectivity index (χ0) is 13.8. The third-order valence-electron chi connectivity index (χ3n) is 3.49. The lowest BCUT2D eigenvalue weighted by molar-refractivity contribution is 0.0931. The number of thiophene rings is 1. The van der Waals surface area contributed by atoms with Crippen molar-refractivity contribution in [2.24, 2.45) is 0 Å². The molecule has 1 aliphatic heterocycles. The maximum atomic E-state index is 12.0. The van der Waals surface area contributed by atoms with Gasteiger partial charge in [0.1, 0.15) is 5.82 Å². The monoisotopic (exact) mass is 288 g/mol. The van der Waals surface area contributed by atoms with E-state index in [0.717, 1.165) is 37.3 Å². The van der Waals surface area contributed by atoms with Crippen LogP contribution in [0.25, 0.3) is 0 Å². The van der Waals surface area contributed by atoms with Gasteiger partial charge in [-0.25, -0.2) is 4.98 Å². The van der Waals surface area contributed by atoms with E-state index in [1.54, 1.807) is 29.9 Å². The van der Waals surface area contributed by atoms with Crippen molar-refractivity contribution in [2.75, 3.05) is 18.0 Å². The van der Waals surface area contributed by atoms with Crippen molar-refractivity contribution in [3.63, 3.8) is 0 Å². The normalized spacial score (nSPS) is 16.1. The van der Waals surface area contributed by atoms with Crippen molar-refractivity contribution < 1.29 is 4.79 Å². The Morgan fingerprint density at radius 3 is 2.85 bits per heavy atom. The summed E-state index contributed by atoms with van der Waals surface area (Å²) in [6.07, 6.45) is 7.04. The molecular weight excluding hydrogens is 272 g/mol. The highest BCUT2D eigenvalue weighted by atomic mass is 32.1. The number of nitrogens with zero attached hydrogens (tertiary/aromatic N) is 3. The van der Waals surface area contributed by atoms with Crippen molar-refractivity contribution in [3.05, 3.63) is 41.0 Å². The fourth-order valence-corrected chi connectivity index (χ4v) is 3.01. The molecule has 2 aromatic rings. The fraction of sp³-hybridized carbons (Fsp3) is 0.357. The maximum absolute atomic E-state index is 12.0. The van der Waals surface area contributed by atoms with Crippen LogP contribution in [0.4, 0.5) is 5.82 Å². The lowest BCUT2D eigenvalue weighted by Gasteiger charge is -2.32. The molecule has 5 nitrogen and oxygen atoms in total. The first-order chi connectivity index (χ1) is 9.83. The second-order valence-corrected chi connectivity index (χ2v) is 5.59. The molecular formula is C14H16N4OS. The van der Waals surface area contributed by atoms with Crippen LogP contribution in [-0.4, -0.2) is 35.0 Å². The summed E-state index contributed by atoms with van der Waals surface area (Å²) in [6.45, 7) is 1.79. The van der Waals surface area contributed by atoms with Crippen LogP contribution in [0.1, 0.15) is 23.2 Å². The quantitative estimate of drug-likeness (QED) is 0.937. The molecule has 0 atom stereocenters. The Morgan fingerprint density at radius 2 is 2.20 bits per heavy atom. The van der Waals surface area contributed by atoms with Crippen molar-refractivity contribution in [2.45, 2.75) is 18.9 Å². The average Bonchev–Trinajstić information content (AvgIpc) is 3.03. The van der Waals surface area contributed by atoms with Gasteiger partial charge in [-0.2, -0.15) is 11.3 Å². The number of carbonyl (C=O) groups excluding carboxylic acids is 1. The summed E-state index contributed by atoms with van der Waals surface area (Å²) in [4.78, 5) is 22.6. The molecule has 0 saturated carbocycles. The molecule has 0 radical (unpaired) electrons. The molecule has 2 aromatic heterocycles. The summed E-state index contributed by atoms with van der Waals surface area (Å²) in [6, 6.07) is 2.10. The van der Waals surface area contributed by atoms with Gasteiger partial charge in [0.05, 0.1) is 6.20 Å². The van der Waals surface area contributed by atoms with E-state index in [0.29, 0.717) is 0 Å². The summed E-state index contributed by atoms with van der Waals surface area (Å²) < 4.78 is 0.